The zero-order valence-electron chi connectivity index (χ0n) is 11.3. The second-order valence-electron chi connectivity index (χ2n) is 4.64. The van der Waals surface area contributed by atoms with Crippen LogP contribution >= 0.6 is 0 Å². The van der Waals surface area contributed by atoms with E-state index in [9.17, 15) is 15.0 Å². The molecule has 4 heteroatoms. The van der Waals surface area contributed by atoms with E-state index in [1.807, 2.05) is 25.1 Å². The molecule has 20 heavy (non-hydrogen) atoms. The molecule has 0 saturated heterocycles. The smallest absolute Gasteiger partial charge is 0.251 e. The number of carbonyl (C=O) groups is 1. The van der Waals surface area contributed by atoms with E-state index in [4.69, 9.17) is 0 Å². The number of phenolic OH excluding ortho intramolecular Hbond substituents is 2. The first-order valence-corrected chi connectivity index (χ1v) is 6.42. The predicted octanol–water partition coefficient (Wildman–Crippen LogP) is 2.38. The Hall–Kier alpha value is -2.49. The molecule has 0 spiro atoms. The zero-order valence-corrected chi connectivity index (χ0v) is 11.3. The average molecular weight is 271 g/mol. The third-order valence-electron chi connectivity index (χ3n) is 3.13. The summed E-state index contributed by atoms with van der Waals surface area (Å²) in [5, 5.41) is 21.4. The van der Waals surface area contributed by atoms with Gasteiger partial charge in [-0.15, -0.1) is 0 Å². The monoisotopic (exact) mass is 271 g/mol. The topological polar surface area (TPSA) is 69.6 Å². The van der Waals surface area contributed by atoms with E-state index >= 15 is 0 Å². The number of aromatic hydroxyl groups is 2. The number of aryl methyl sites for hydroxylation is 1. The summed E-state index contributed by atoms with van der Waals surface area (Å²) in [7, 11) is 0. The Balaban J connectivity index is 1.91. The van der Waals surface area contributed by atoms with Gasteiger partial charge in [-0.05, 0) is 42.7 Å². The van der Waals surface area contributed by atoms with Gasteiger partial charge in [0.15, 0.2) is 11.5 Å². The number of carbonyl (C=O) groups excluding carboxylic acids is 1. The lowest BCUT2D eigenvalue weighted by Crippen LogP contribution is -2.26. The van der Waals surface area contributed by atoms with Gasteiger partial charge in [0.05, 0.1) is 0 Å². The van der Waals surface area contributed by atoms with Crippen LogP contribution < -0.4 is 5.32 Å². The summed E-state index contributed by atoms with van der Waals surface area (Å²) >= 11 is 0. The van der Waals surface area contributed by atoms with Crippen LogP contribution in [0.2, 0.25) is 0 Å². The Morgan fingerprint density at radius 2 is 1.85 bits per heavy atom. The van der Waals surface area contributed by atoms with Gasteiger partial charge in [-0.25, -0.2) is 0 Å². The van der Waals surface area contributed by atoms with Crippen molar-refractivity contribution in [3.63, 3.8) is 0 Å². The molecule has 2 aromatic carbocycles. The first-order chi connectivity index (χ1) is 9.58. The zero-order chi connectivity index (χ0) is 14.5. The molecule has 104 valence electrons. The Morgan fingerprint density at radius 3 is 2.55 bits per heavy atom. The van der Waals surface area contributed by atoms with Gasteiger partial charge in [-0.3, -0.25) is 4.79 Å². The van der Waals surface area contributed by atoms with Gasteiger partial charge in [0, 0.05) is 12.1 Å². The maximum absolute atomic E-state index is 12.0. The molecule has 0 aliphatic rings. The standard InChI is InChI=1S/C16H17NO3/c1-11-4-2-3-5-13(11)16(20)17-9-8-12-6-7-14(18)15(19)10-12/h2-7,10,18-19H,8-9H2,1H3,(H,17,20). The number of hydrogen-bond acceptors (Lipinski definition) is 3. The van der Waals surface area contributed by atoms with Gasteiger partial charge in [-0.1, -0.05) is 24.3 Å². The number of rotatable bonds is 4. The van der Waals surface area contributed by atoms with E-state index in [1.54, 1.807) is 12.1 Å². The van der Waals surface area contributed by atoms with Crippen LogP contribution in [0.15, 0.2) is 42.5 Å². The Kier molecular flexibility index (Phi) is 4.25. The molecule has 4 nitrogen and oxygen atoms in total. The molecule has 0 bridgehead atoms. The van der Waals surface area contributed by atoms with Crippen molar-refractivity contribution in [1.29, 1.82) is 0 Å². The maximum atomic E-state index is 12.0. The molecule has 0 saturated carbocycles. The van der Waals surface area contributed by atoms with E-state index < -0.39 is 0 Å². The Bertz CT molecular complexity index is 623. The van der Waals surface area contributed by atoms with Crippen LogP contribution in [0, 0.1) is 6.92 Å². The van der Waals surface area contributed by atoms with E-state index in [1.165, 1.54) is 12.1 Å². The van der Waals surface area contributed by atoms with Crippen LogP contribution in [0.3, 0.4) is 0 Å². The highest BCUT2D eigenvalue weighted by molar-refractivity contribution is 5.95. The fourth-order valence-electron chi connectivity index (χ4n) is 1.97. The summed E-state index contributed by atoms with van der Waals surface area (Å²) in [6.07, 6.45) is 0.589. The summed E-state index contributed by atoms with van der Waals surface area (Å²) in [6, 6.07) is 12.1. The summed E-state index contributed by atoms with van der Waals surface area (Å²) in [6.45, 7) is 2.37. The molecule has 1 amide bonds. The normalized spacial score (nSPS) is 10.2. The second kappa shape index (κ2) is 6.10. The van der Waals surface area contributed by atoms with Gasteiger partial charge < -0.3 is 15.5 Å². The van der Waals surface area contributed by atoms with E-state index in [0.29, 0.717) is 18.5 Å². The van der Waals surface area contributed by atoms with Crippen LogP contribution in [0.4, 0.5) is 0 Å². The highest BCUT2D eigenvalue weighted by atomic mass is 16.3. The first kappa shape index (κ1) is 13.9. The average Bonchev–Trinajstić information content (AvgIpc) is 2.43. The molecule has 0 unspecified atom stereocenters. The third-order valence-corrected chi connectivity index (χ3v) is 3.13. The minimum Gasteiger partial charge on any atom is -0.504 e. The van der Waals surface area contributed by atoms with E-state index in [-0.39, 0.29) is 17.4 Å². The lowest BCUT2D eigenvalue weighted by atomic mass is 10.1. The highest BCUT2D eigenvalue weighted by Gasteiger charge is 2.07. The number of amides is 1. The summed E-state index contributed by atoms with van der Waals surface area (Å²) in [5.74, 6) is -0.392. The molecule has 2 rings (SSSR count). The second-order valence-corrected chi connectivity index (χ2v) is 4.64. The van der Waals surface area contributed by atoms with Crippen molar-refractivity contribution in [3.05, 3.63) is 59.2 Å². The molecular formula is C16H17NO3. The SMILES string of the molecule is Cc1ccccc1C(=O)NCCc1ccc(O)c(O)c1. The van der Waals surface area contributed by atoms with E-state index in [0.717, 1.165) is 11.1 Å². The van der Waals surface area contributed by atoms with Crippen LogP contribution in [0.1, 0.15) is 21.5 Å². The van der Waals surface area contributed by atoms with Crippen molar-refractivity contribution < 1.29 is 15.0 Å². The van der Waals surface area contributed by atoms with Gasteiger partial charge in [0.1, 0.15) is 0 Å². The quantitative estimate of drug-likeness (QED) is 0.748. The van der Waals surface area contributed by atoms with Crippen molar-refractivity contribution in [1.82, 2.24) is 5.32 Å². The van der Waals surface area contributed by atoms with Crippen molar-refractivity contribution in [3.8, 4) is 11.5 Å². The molecule has 2 aromatic rings. The van der Waals surface area contributed by atoms with Crippen molar-refractivity contribution in [2.75, 3.05) is 6.54 Å². The molecule has 3 N–H and O–H groups in total. The minimum absolute atomic E-state index is 0.105. The van der Waals surface area contributed by atoms with Gasteiger partial charge >= 0.3 is 0 Å². The fourth-order valence-corrected chi connectivity index (χ4v) is 1.97. The number of phenols is 2. The maximum Gasteiger partial charge on any atom is 0.251 e. The fraction of sp³-hybridized carbons (Fsp3) is 0.188. The molecule has 0 atom stereocenters. The lowest BCUT2D eigenvalue weighted by Gasteiger charge is -2.08. The number of nitrogens with one attached hydrogen (secondary N) is 1. The molecule has 0 aliphatic carbocycles. The minimum atomic E-state index is -0.146. The molecular weight excluding hydrogens is 254 g/mol. The van der Waals surface area contributed by atoms with Crippen LogP contribution in [-0.4, -0.2) is 22.7 Å². The third kappa shape index (κ3) is 3.29. The first-order valence-electron chi connectivity index (χ1n) is 6.42. The van der Waals surface area contributed by atoms with Gasteiger partial charge in [-0.2, -0.15) is 0 Å². The lowest BCUT2D eigenvalue weighted by molar-refractivity contribution is 0.0953. The van der Waals surface area contributed by atoms with Crippen LogP contribution in [0.25, 0.3) is 0 Å². The number of hydrogen-bond donors (Lipinski definition) is 3. The van der Waals surface area contributed by atoms with Crippen molar-refractivity contribution in [2.24, 2.45) is 0 Å². The molecule has 0 aromatic heterocycles. The van der Waals surface area contributed by atoms with Gasteiger partial charge in [0.25, 0.3) is 5.91 Å². The molecule has 0 radical (unpaired) electrons. The van der Waals surface area contributed by atoms with Gasteiger partial charge in [0.2, 0.25) is 0 Å². The van der Waals surface area contributed by atoms with Crippen molar-refractivity contribution in [2.45, 2.75) is 13.3 Å². The van der Waals surface area contributed by atoms with E-state index in [2.05, 4.69) is 5.32 Å². The predicted molar refractivity (Wildman–Crippen MR) is 77.0 cm³/mol. The van der Waals surface area contributed by atoms with Crippen LogP contribution in [-0.2, 0) is 6.42 Å². The molecule has 0 fully saturated rings. The molecule has 0 aliphatic heterocycles. The highest BCUT2D eigenvalue weighted by Crippen LogP contribution is 2.24. The largest absolute Gasteiger partial charge is 0.504 e. The number of benzene rings is 2. The summed E-state index contributed by atoms with van der Waals surface area (Å²) in [5.41, 5.74) is 2.46. The summed E-state index contributed by atoms with van der Waals surface area (Å²) in [4.78, 5) is 12.0. The Morgan fingerprint density at radius 1 is 1.10 bits per heavy atom. The van der Waals surface area contributed by atoms with Crippen LogP contribution in [0.5, 0.6) is 11.5 Å². The van der Waals surface area contributed by atoms with Crippen molar-refractivity contribution >= 4 is 5.91 Å². The Labute approximate surface area is 117 Å². The molecule has 0 heterocycles. The summed E-state index contributed by atoms with van der Waals surface area (Å²) < 4.78 is 0.